The molecule has 0 spiro atoms. The van der Waals surface area contributed by atoms with E-state index in [-0.39, 0.29) is 27.7 Å². The summed E-state index contributed by atoms with van der Waals surface area (Å²) in [5.74, 6) is -29.2. The minimum Gasteiger partial charge on any atom is -0.271 e. The Kier molecular flexibility index (Phi) is 10.5. The molecule has 0 amide bonds. The van der Waals surface area contributed by atoms with Crippen molar-refractivity contribution in [1.82, 2.24) is 0 Å². The quantitative estimate of drug-likeness (QED) is 0.184. The first-order valence-electron chi connectivity index (χ1n) is 12.5. The van der Waals surface area contributed by atoms with Crippen molar-refractivity contribution in [3.8, 4) is 0 Å². The number of hydrogen-bond acceptors (Lipinski definition) is 2. The fourth-order valence-electron chi connectivity index (χ4n) is 3.72. The van der Waals surface area contributed by atoms with Gasteiger partial charge in [-0.3, -0.25) is 9.47 Å². The largest absolute Gasteiger partial charge is 0.458 e. The van der Waals surface area contributed by atoms with Crippen molar-refractivity contribution >= 4 is 0 Å². The Morgan fingerprint density at radius 3 is 1.07 bits per heavy atom. The van der Waals surface area contributed by atoms with Gasteiger partial charge in [0, 0.05) is 28.1 Å². The van der Waals surface area contributed by atoms with Crippen LogP contribution in [0.3, 0.4) is 0 Å². The van der Waals surface area contributed by atoms with E-state index in [9.17, 15) is 35.1 Å². The molecule has 0 aliphatic rings. The molecule has 0 rings (SSSR count). The Bertz CT molecular complexity index is 948. The highest BCUT2D eigenvalue weighted by Crippen LogP contribution is 2.68. The Morgan fingerprint density at radius 2 is 0.786 bits per heavy atom. The first-order chi connectivity index (χ1) is 17.8. The van der Waals surface area contributed by atoms with E-state index in [1.54, 1.807) is 0 Å². The van der Waals surface area contributed by atoms with Gasteiger partial charge >= 0.3 is 42.0 Å². The first-order valence-corrected chi connectivity index (χ1v) is 12.5. The molecule has 0 radical (unpaired) electrons. The minimum atomic E-state index is -7.18. The van der Waals surface area contributed by atoms with Gasteiger partial charge in [0.2, 0.25) is 0 Å². The van der Waals surface area contributed by atoms with Crippen LogP contribution in [0.5, 0.6) is 0 Å². The van der Waals surface area contributed by atoms with Crippen molar-refractivity contribution in [2.24, 2.45) is 21.7 Å². The van der Waals surface area contributed by atoms with E-state index in [4.69, 9.17) is 0 Å². The molecule has 0 bridgehead atoms. The Hall–Kier alpha value is -1.13. The highest BCUT2D eigenvalue weighted by Gasteiger charge is 2.85. The van der Waals surface area contributed by atoms with Gasteiger partial charge in [-0.1, -0.05) is 76.2 Å². The fraction of sp³-hybridized carbons (Fsp3) is 1.00. The molecule has 0 saturated carbocycles. The van der Waals surface area contributed by atoms with Crippen molar-refractivity contribution in [3.05, 3.63) is 0 Å². The first kappa shape index (κ1) is 40.9. The van der Waals surface area contributed by atoms with Crippen LogP contribution < -0.4 is 0 Å². The molecule has 0 saturated heterocycles. The normalized spacial score (nSPS) is 19.0. The molecule has 2 unspecified atom stereocenters. The molecule has 42 heavy (non-hydrogen) atoms. The lowest BCUT2D eigenvalue weighted by atomic mass is 9.55. The van der Waals surface area contributed by atoms with Crippen LogP contribution >= 0.6 is 0 Å². The predicted molar refractivity (Wildman–Crippen MR) is 122 cm³/mol. The lowest BCUT2D eigenvalue weighted by Gasteiger charge is -2.57. The highest BCUT2D eigenvalue weighted by molar-refractivity contribution is 5.15. The minimum absolute atomic E-state index is 0.0334. The van der Waals surface area contributed by atoms with E-state index in [0.717, 1.165) is 6.92 Å². The van der Waals surface area contributed by atoms with Crippen molar-refractivity contribution in [3.63, 3.8) is 0 Å². The van der Waals surface area contributed by atoms with Gasteiger partial charge in [0.25, 0.3) is 5.85 Å². The van der Waals surface area contributed by atoms with E-state index >= 15 is 30.7 Å². The van der Waals surface area contributed by atoms with Gasteiger partial charge in [-0.05, 0) is 6.42 Å². The second kappa shape index (κ2) is 10.7. The number of halogens is 15. The van der Waals surface area contributed by atoms with Gasteiger partial charge in [0.05, 0.1) is 0 Å². The van der Waals surface area contributed by atoms with Crippen molar-refractivity contribution in [1.29, 1.82) is 0 Å². The summed E-state index contributed by atoms with van der Waals surface area (Å²) in [6.45, 7) is 3.91. The Morgan fingerprint density at radius 1 is 0.429 bits per heavy atom. The average molecular weight is 655 g/mol. The molecular formula is C25H37F15O2. The lowest BCUT2D eigenvalue weighted by molar-refractivity contribution is -0.537. The van der Waals surface area contributed by atoms with Crippen LogP contribution in [0.4, 0.5) is 65.9 Å². The Balaban J connectivity index is 7.53. The standard InChI is InChI=1S/C25H37F15O2/c1-12-15(6,7)19(28,29)20(30,31)16(8,9)17(10,11)21(32,33)22(34,14(3,4)5)42-25(39,40)23(35,24(36,37)38)41-18(26,27)13-2/h12-13H2,1-11H3. The second-order valence-electron chi connectivity index (χ2n) is 12.9. The maximum absolute atomic E-state index is 16.4. The zero-order chi connectivity index (χ0) is 34.8. The maximum atomic E-state index is 16.4. The molecule has 2 atom stereocenters. The van der Waals surface area contributed by atoms with Crippen LogP contribution in [0, 0.1) is 21.7 Å². The molecule has 0 aromatic rings. The molecule has 0 fully saturated rings. The Labute approximate surface area is 234 Å². The molecule has 0 aliphatic heterocycles. The van der Waals surface area contributed by atoms with Gasteiger partial charge in [-0.15, -0.1) is 0 Å². The predicted octanol–water partition coefficient (Wildman–Crippen LogP) is 10.9. The van der Waals surface area contributed by atoms with Gasteiger partial charge in [-0.2, -0.15) is 61.5 Å². The van der Waals surface area contributed by atoms with Gasteiger partial charge in [-0.25, -0.2) is 4.39 Å². The number of hydrogen-bond donors (Lipinski definition) is 0. The van der Waals surface area contributed by atoms with E-state index in [2.05, 4.69) is 9.47 Å². The third-order valence-corrected chi connectivity index (χ3v) is 8.34. The van der Waals surface area contributed by atoms with Crippen LogP contribution in [0.2, 0.25) is 0 Å². The summed E-state index contributed by atoms with van der Waals surface area (Å²) >= 11 is 0. The molecule has 254 valence electrons. The molecule has 0 aromatic heterocycles. The number of rotatable bonds is 13. The number of alkyl halides is 15. The smallest absolute Gasteiger partial charge is 0.271 e. The molecular weight excluding hydrogens is 617 g/mol. The average Bonchev–Trinajstić information content (AvgIpc) is 2.75. The molecule has 0 aliphatic carbocycles. The second-order valence-corrected chi connectivity index (χ2v) is 12.9. The van der Waals surface area contributed by atoms with Crippen LogP contribution in [-0.2, 0) is 9.47 Å². The van der Waals surface area contributed by atoms with E-state index in [1.165, 1.54) is 0 Å². The van der Waals surface area contributed by atoms with Gasteiger partial charge in [0.15, 0.2) is 0 Å². The lowest BCUT2D eigenvalue weighted by Crippen LogP contribution is -2.73. The third kappa shape index (κ3) is 5.82. The number of ether oxygens (including phenoxy) is 2. The molecule has 0 aromatic carbocycles. The van der Waals surface area contributed by atoms with Crippen LogP contribution in [-0.4, -0.2) is 47.9 Å². The molecule has 0 N–H and O–H groups in total. The summed E-state index contributed by atoms with van der Waals surface area (Å²) in [6, 6.07) is 0. The zero-order valence-corrected chi connectivity index (χ0v) is 24.9. The summed E-state index contributed by atoms with van der Waals surface area (Å²) in [5, 5.41) is 0. The van der Waals surface area contributed by atoms with Crippen LogP contribution in [0.1, 0.15) is 89.0 Å². The summed E-state index contributed by atoms with van der Waals surface area (Å²) in [6.07, 6.45) is -22.1. The van der Waals surface area contributed by atoms with Gasteiger partial charge in [0.1, 0.15) is 0 Å². The van der Waals surface area contributed by atoms with E-state index < -0.39 is 82.4 Å². The van der Waals surface area contributed by atoms with Crippen molar-refractivity contribution < 1.29 is 75.3 Å². The maximum Gasteiger partial charge on any atom is 0.458 e. The molecule has 17 heteroatoms. The van der Waals surface area contributed by atoms with Crippen LogP contribution in [0.25, 0.3) is 0 Å². The van der Waals surface area contributed by atoms with Gasteiger partial charge < -0.3 is 0 Å². The fourth-order valence-corrected chi connectivity index (χ4v) is 3.72. The van der Waals surface area contributed by atoms with Crippen molar-refractivity contribution in [2.75, 3.05) is 0 Å². The van der Waals surface area contributed by atoms with E-state index in [0.29, 0.717) is 41.5 Å². The van der Waals surface area contributed by atoms with Crippen molar-refractivity contribution in [2.45, 2.75) is 137 Å². The monoisotopic (exact) mass is 654 g/mol. The molecule has 0 heterocycles. The zero-order valence-electron chi connectivity index (χ0n) is 24.9. The topological polar surface area (TPSA) is 18.5 Å². The highest BCUT2D eigenvalue weighted by atomic mass is 19.4. The third-order valence-electron chi connectivity index (χ3n) is 8.34. The van der Waals surface area contributed by atoms with E-state index in [1.807, 2.05) is 0 Å². The summed E-state index contributed by atoms with van der Waals surface area (Å²) < 4.78 is 228. The summed E-state index contributed by atoms with van der Waals surface area (Å²) in [4.78, 5) is 0. The SMILES string of the molecule is CCC(F)(F)OC(F)(C(F)(F)F)C(F)(F)OC(F)(C(C)(C)C)C(F)(F)C(C)(C)C(C)(C)C(F)(F)C(F)(F)C(C)(C)CC. The summed E-state index contributed by atoms with van der Waals surface area (Å²) in [5.41, 5.74) is -13.5. The molecule has 2 nitrogen and oxygen atoms in total. The van der Waals surface area contributed by atoms with Crippen LogP contribution in [0.15, 0.2) is 0 Å². The summed E-state index contributed by atoms with van der Waals surface area (Å²) in [7, 11) is 0.